The normalized spacial score (nSPS) is 10.4. The minimum absolute atomic E-state index is 0.0582. The first-order valence-electron chi connectivity index (χ1n) is 5.39. The molecule has 0 aliphatic carbocycles. The average Bonchev–Trinajstić information content (AvgIpc) is 2.38. The molecule has 0 heterocycles. The van der Waals surface area contributed by atoms with Crippen LogP contribution < -0.4 is 11.1 Å². The van der Waals surface area contributed by atoms with Gasteiger partial charge in [0, 0.05) is 10.0 Å². The molecule has 0 radical (unpaired) electrons. The van der Waals surface area contributed by atoms with Crippen LogP contribution in [0.4, 0.5) is 15.8 Å². The van der Waals surface area contributed by atoms with Crippen LogP contribution in [-0.2, 0) is 0 Å². The minimum atomic E-state index is -0.555. The maximum Gasteiger partial charge on any atom is 0.255 e. The Kier molecular flexibility index (Phi) is 4.52. The van der Waals surface area contributed by atoms with Crippen LogP contribution in [0.25, 0.3) is 0 Å². The molecule has 104 valence electrons. The highest BCUT2D eigenvalue weighted by atomic mass is 79.9. The minimum Gasteiger partial charge on any atom is -0.397 e. The second kappa shape index (κ2) is 5.99. The second-order valence-electron chi connectivity index (χ2n) is 3.94. The second-order valence-corrected chi connectivity index (χ2v) is 5.64. The molecular weight excluding hydrogens is 370 g/mol. The van der Waals surface area contributed by atoms with Gasteiger partial charge in [-0.1, -0.05) is 39.1 Å². The Labute approximate surface area is 133 Å². The van der Waals surface area contributed by atoms with E-state index in [1.54, 1.807) is 6.07 Å². The highest BCUT2D eigenvalue weighted by Gasteiger charge is 2.13. The van der Waals surface area contributed by atoms with Crippen LogP contribution in [-0.4, -0.2) is 5.91 Å². The van der Waals surface area contributed by atoms with Gasteiger partial charge in [0.2, 0.25) is 0 Å². The third-order valence-corrected chi connectivity index (χ3v) is 3.81. The number of anilines is 2. The van der Waals surface area contributed by atoms with Crippen molar-refractivity contribution in [2.45, 2.75) is 0 Å². The summed E-state index contributed by atoms with van der Waals surface area (Å²) in [5, 5.41) is 2.77. The van der Waals surface area contributed by atoms with Crippen LogP contribution in [0.15, 0.2) is 34.8 Å². The van der Waals surface area contributed by atoms with Gasteiger partial charge in [0.1, 0.15) is 5.82 Å². The molecular formula is C13H8BrCl2FN2O. The van der Waals surface area contributed by atoms with E-state index >= 15 is 0 Å². The van der Waals surface area contributed by atoms with Crippen LogP contribution in [0.5, 0.6) is 0 Å². The molecule has 2 aromatic carbocycles. The standard InChI is InChI=1S/C13H8BrCl2FN2O/c14-7-1-2-11(9(17)5-7)19-13(20)6-3-8(15)12(16)10(18)4-6/h1-5H,18H2,(H,19,20). The van der Waals surface area contributed by atoms with Crippen molar-refractivity contribution < 1.29 is 9.18 Å². The van der Waals surface area contributed by atoms with Crippen LogP contribution in [0, 0.1) is 5.82 Å². The average molecular weight is 378 g/mol. The largest absolute Gasteiger partial charge is 0.397 e. The molecule has 1 amide bonds. The van der Waals surface area contributed by atoms with Gasteiger partial charge in [-0.05, 0) is 30.3 Å². The molecule has 0 aromatic heterocycles. The molecule has 7 heteroatoms. The highest BCUT2D eigenvalue weighted by molar-refractivity contribution is 9.10. The third-order valence-electron chi connectivity index (χ3n) is 2.50. The van der Waals surface area contributed by atoms with Gasteiger partial charge in [-0.15, -0.1) is 0 Å². The summed E-state index contributed by atoms with van der Waals surface area (Å²) in [6, 6.07) is 7.05. The number of rotatable bonds is 2. The summed E-state index contributed by atoms with van der Waals surface area (Å²) in [5.41, 5.74) is 6.06. The first kappa shape index (κ1) is 15.1. The molecule has 0 aliphatic heterocycles. The molecule has 3 N–H and O–H groups in total. The predicted octanol–water partition coefficient (Wildman–Crippen LogP) is 4.73. The maximum atomic E-state index is 13.6. The number of benzene rings is 2. The molecule has 0 fully saturated rings. The Morgan fingerprint density at radius 1 is 1.25 bits per heavy atom. The first-order valence-corrected chi connectivity index (χ1v) is 6.94. The van der Waals surface area contributed by atoms with E-state index in [0.717, 1.165) is 0 Å². The molecule has 0 saturated carbocycles. The lowest BCUT2D eigenvalue weighted by Gasteiger charge is -2.09. The van der Waals surface area contributed by atoms with Crippen molar-refractivity contribution in [2.75, 3.05) is 11.1 Å². The van der Waals surface area contributed by atoms with E-state index in [1.165, 1.54) is 24.3 Å². The van der Waals surface area contributed by atoms with E-state index < -0.39 is 11.7 Å². The molecule has 2 rings (SSSR count). The summed E-state index contributed by atoms with van der Waals surface area (Å²) >= 11 is 14.8. The summed E-state index contributed by atoms with van der Waals surface area (Å²) in [6.45, 7) is 0. The Hall–Kier alpha value is -1.30. The molecule has 2 aromatic rings. The molecule has 0 unspecified atom stereocenters. The van der Waals surface area contributed by atoms with Crippen LogP contribution >= 0.6 is 39.1 Å². The van der Waals surface area contributed by atoms with Gasteiger partial charge in [-0.25, -0.2) is 4.39 Å². The monoisotopic (exact) mass is 376 g/mol. The van der Waals surface area contributed by atoms with Gasteiger partial charge in [-0.2, -0.15) is 0 Å². The summed E-state index contributed by atoms with van der Waals surface area (Å²) in [7, 11) is 0. The molecule has 0 spiro atoms. The van der Waals surface area contributed by atoms with E-state index in [9.17, 15) is 9.18 Å². The first-order chi connectivity index (χ1) is 9.38. The van der Waals surface area contributed by atoms with Crippen molar-refractivity contribution in [3.8, 4) is 0 Å². The van der Waals surface area contributed by atoms with E-state index in [4.69, 9.17) is 28.9 Å². The lowest BCUT2D eigenvalue weighted by atomic mass is 10.2. The van der Waals surface area contributed by atoms with E-state index in [0.29, 0.717) is 4.47 Å². The van der Waals surface area contributed by atoms with E-state index in [2.05, 4.69) is 21.2 Å². The maximum absolute atomic E-state index is 13.6. The summed E-state index contributed by atoms with van der Waals surface area (Å²) < 4.78 is 14.2. The number of nitrogen functional groups attached to an aromatic ring is 1. The fourth-order valence-electron chi connectivity index (χ4n) is 1.53. The van der Waals surface area contributed by atoms with Gasteiger partial charge >= 0.3 is 0 Å². The molecule has 3 nitrogen and oxygen atoms in total. The van der Waals surface area contributed by atoms with Gasteiger partial charge in [0.05, 0.1) is 21.4 Å². The van der Waals surface area contributed by atoms with Crippen molar-refractivity contribution in [2.24, 2.45) is 0 Å². The SMILES string of the molecule is Nc1cc(C(=O)Nc2ccc(Br)cc2F)cc(Cl)c1Cl. The fraction of sp³-hybridized carbons (Fsp3) is 0. The zero-order valence-corrected chi connectivity index (χ0v) is 13.0. The Morgan fingerprint density at radius 3 is 2.55 bits per heavy atom. The summed E-state index contributed by atoms with van der Waals surface area (Å²) in [4.78, 5) is 12.0. The van der Waals surface area contributed by atoms with Crippen molar-refractivity contribution >= 4 is 56.4 Å². The molecule has 0 bridgehead atoms. The smallest absolute Gasteiger partial charge is 0.255 e. The topological polar surface area (TPSA) is 55.1 Å². The number of carbonyl (C=O) groups is 1. The number of halogens is 4. The predicted molar refractivity (Wildman–Crippen MR) is 82.9 cm³/mol. The molecule has 0 atom stereocenters. The molecule has 20 heavy (non-hydrogen) atoms. The van der Waals surface area contributed by atoms with Gasteiger partial charge < -0.3 is 11.1 Å². The zero-order chi connectivity index (χ0) is 14.9. The van der Waals surface area contributed by atoms with Gasteiger partial charge in [0.25, 0.3) is 5.91 Å². The molecule has 0 saturated heterocycles. The van der Waals surface area contributed by atoms with E-state index in [-0.39, 0.29) is 27.0 Å². The van der Waals surface area contributed by atoms with Crippen LogP contribution in [0.2, 0.25) is 10.0 Å². The quantitative estimate of drug-likeness (QED) is 0.743. The Balaban J connectivity index is 2.28. The zero-order valence-electron chi connectivity index (χ0n) is 9.88. The number of hydrogen-bond acceptors (Lipinski definition) is 2. The number of amides is 1. The van der Waals surface area contributed by atoms with Crippen molar-refractivity contribution in [3.63, 3.8) is 0 Å². The lowest BCUT2D eigenvalue weighted by Crippen LogP contribution is -2.13. The van der Waals surface area contributed by atoms with Gasteiger partial charge in [0.15, 0.2) is 0 Å². The highest BCUT2D eigenvalue weighted by Crippen LogP contribution is 2.30. The van der Waals surface area contributed by atoms with Crippen molar-refractivity contribution in [1.82, 2.24) is 0 Å². The van der Waals surface area contributed by atoms with Gasteiger partial charge in [-0.3, -0.25) is 4.79 Å². The number of nitrogens with one attached hydrogen (secondary N) is 1. The third kappa shape index (κ3) is 3.23. The summed E-state index contributed by atoms with van der Waals surface area (Å²) in [5.74, 6) is -1.09. The van der Waals surface area contributed by atoms with Crippen molar-refractivity contribution in [3.05, 3.63) is 56.2 Å². The number of nitrogens with two attached hydrogens (primary N) is 1. The van der Waals surface area contributed by atoms with Crippen LogP contribution in [0.1, 0.15) is 10.4 Å². The molecule has 0 aliphatic rings. The summed E-state index contributed by atoms with van der Waals surface area (Å²) in [6.07, 6.45) is 0. The Bertz CT molecular complexity index is 671. The van der Waals surface area contributed by atoms with Crippen molar-refractivity contribution in [1.29, 1.82) is 0 Å². The fourth-order valence-corrected chi connectivity index (χ4v) is 2.20. The number of hydrogen-bond donors (Lipinski definition) is 2. The number of carbonyl (C=O) groups excluding carboxylic acids is 1. The van der Waals surface area contributed by atoms with E-state index in [1.807, 2.05) is 0 Å². The van der Waals surface area contributed by atoms with Crippen LogP contribution in [0.3, 0.4) is 0 Å². The Morgan fingerprint density at radius 2 is 1.95 bits per heavy atom. The lowest BCUT2D eigenvalue weighted by molar-refractivity contribution is 0.102.